The SMILES string of the molecule is CC1=CC(c2cc3ccccc3cc2C(=N)c2ccccc2)C(C)=C1C. The van der Waals surface area contributed by atoms with Gasteiger partial charge in [-0.3, -0.25) is 5.41 Å². The second kappa shape index (κ2) is 6.42. The Morgan fingerprint density at radius 1 is 0.808 bits per heavy atom. The molecule has 128 valence electrons. The van der Waals surface area contributed by atoms with E-state index in [1.54, 1.807) is 0 Å². The van der Waals surface area contributed by atoms with Crippen molar-refractivity contribution in [1.29, 1.82) is 5.41 Å². The third-order valence-electron chi connectivity index (χ3n) is 5.65. The first-order chi connectivity index (χ1) is 12.6. The molecule has 1 heteroatoms. The maximum atomic E-state index is 8.88. The maximum absolute atomic E-state index is 8.88. The molecule has 0 spiro atoms. The molecule has 0 aliphatic heterocycles. The van der Waals surface area contributed by atoms with Gasteiger partial charge in [-0.15, -0.1) is 0 Å². The molecule has 1 N–H and O–H groups in total. The molecule has 0 bridgehead atoms. The van der Waals surface area contributed by atoms with E-state index >= 15 is 0 Å². The highest BCUT2D eigenvalue weighted by Crippen LogP contribution is 2.40. The van der Waals surface area contributed by atoms with Crippen LogP contribution in [0.2, 0.25) is 0 Å². The van der Waals surface area contributed by atoms with Gasteiger partial charge in [0.2, 0.25) is 0 Å². The molecule has 1 aliphatic carbocycles. The molecule has 26 heavy (non-hydrogen) atoms. The number of hydrogen-bond acceptors (Lipinski definition) is 1. The highest BCUT2D eigenvalue weighted by atomic mass is 14.4. The third-order valence-corrected chi connectivity index (χ3v) is 5.65. The largest absolute Gasteiger partial charge is 0.300 e. The van der Waals surface area contributed by atoms with Crippen LogP contribution in [0.25, 0.3) is 10.8 Å². The van der Waals surface area contributed by atoms with Crippen LogP contribution in [-0.2, 0) is 0 Å². The molecule has 0 aromatic heterocycles. The number of fused-ring (bicyclic) bond motifs is 1. The summed E-state index contributed by atoms with van der Waals surface area (Å²) in [6.07, 6.45) is 2.34. The molecule has 0 amide bonds. The van der Waals surface area contributed by atoms with Gasteiger partial charge < -0.3 is 0 Å². The highest BCUT2D eigenvalue weighted by molar-refractivity contribution is 6.13. The predicted octanol–water partition coefficient (Wildman–Crippen LogP) is 6.64. The summed E-state index contributed by atoms with van der Waals surface area (Å²) in [5.74, 6) is 0.249. The van der Waals surface area contributed by atoms with Crippen LogP contribution in [0.1, 0.15) is 43.4 Å². The van der Waals surface area contributed by atoms with Gasteiger partial charge in [-0.1, -0.05) is 71.8 Å². The van der Waals surface area contributed by atoms with E-state index in [0.717, 1.165) is 11.1 Å². The smallest absolute Gasteiger partial charge is 0.0687 e. The first-order valence-corrected chi connectivity index (χ1v) is 9.09. The molecule has 1 nitrogen and oxygen atoms in total. The molecule has 4 rings (SSSR count). The van der Waals surface area contributed by atoms with Crippen molar-refractivity contribution in [3.05, 3.63) is 106 Å². The van der Waals surface area contributed by atoms with Gasteiger partial charge in [0, 0.05) is 17.0 Å². The summed E-state index contributed by atoms with van der Waals surface area (Å²) in [5.41, 5.74) is 7.91. The highest BCUT2D eigenvalue weighted by Gasteiger charge is 2.24. The molecule has 0 saturated carbocycles. The Labute approximate surface area is 155 Å². The lowest BCUT2D eigenvalue weighted by atomic mass is 9.85. The lowest BCUT2D eigenvalue weighted by Crippen LogP contribution is -2.09. The maximum Gasteiger partial charge on any atom is 0.0687 e. The van der Waals surface area contributed by atoms with Crippen molar-refractivity contribution in [3.8, 4) is 0 Å². The van der Waals surface area contributed by atoms with Crippen molar-refractivity contribution in [2.45, 2.75) is 26.7 Å². The van der Waals surface area contributed by atoms with Crippen LogP contribution in [-0.4, -0.2) is 5.71 Å². The zero-order valence-electron chi connectivity index (χ0n) is 15.5. The molecule has 0 saturated heterocycles. The van der Waals surface area contributed by atoms with Crippen LogP contribution < -0.4 is 0 Å². The number of allylic oxidation sites excluding steroid dienone is 4. The molecule has 3 aromatic carbocycles. The first-order valence-electron chi connectivity index (χ1n) is 9.09. The van der Waals surface area contributed by atoms with E-state index in [0.29, 0.717) is 5.71 Å². The van der Waals surface area contributed by atoms with Crippen LogP contribution in [0.4, 0.5) is 0 Å². The van der Waals surface area contributed by atoms with Crippen LogP contribution >= 0.6 is 0 Å². The Kier molecular flexibility index (Phi) is 4.08. The Bertz CT molecular complexity index is 1070. The van der Waals surface area contributed by atoms with Gasteiger partial charge >= 0.3 is 0 Å². The van der Waals surface area contributed by atoms with Gasteiger partial charge in [0.25, 0.3) is 0 Å². The van der Waals surface area contributed by atoms with Crippen LogP contribution in [0.15, 0.2) is 89.5 Å². The van der Waals surface area contributed by atoms with Crippen LogP contribution in [0.5, 0.6) is 0 Å². The Morgan fingerprint density at radius 2 is 1.42 bits per heavy atom. The second-order valence-corrected chi connectivity index (χ2v) is 7.16. The monoisotopic (exact) mass is 337 g/mol. The molecule has 1 unspecified atom stereocenters. The normalized spacial score (nSPS) is 16.9. The summed E-state index contributed by atoms with van der Waals surface area (Å²) < 4.78 is 0. The fourth-order valence-electron chi connectivity index (χ4n) is 3.86. The van der Waals surface area contributed by atoms with E-state index in [9.17, 15) is 0 Å². The average Bonchev–Trinajstić information content (AvgIpc) is 2.94. The van der Waals surface area contributed by atoms with Crippen molar-refractivity contribution < 1.29 is 0 Å². The third kappa shape index (κ3) is 2.70. The molecular formula is C25H23N. The van der Waals surface area contributed by atoms with Crippen LogP contribution in [0, 0.1) is 5.41 Å². The summed E-state index contributed by atoms with van der Waals surface area (Å²) >= 11 is 0. The average molecular weight is 337 g/mol. The molecule has 1 atom stereocenters. The molecule has 0 heterocycles. The van der Waals surface area contributed by atoms with Gasteiger partial charge in [0.1, 0.15) is 0 Å². The lowest BCUT2D eigenvalue weighted by Gasteiger charge is -2.19. The van der Waals surface area contributed by atoms with E-state index in [-0.39, 0.29) is 5.92 Å². The molecule has 0 radical (unpaired) electrons. The second-order valence-electron chi connectivity index (χ2n) is 7.16. The van der Waals surface area contributed by atoms with Crippen LogP contribution in [0.3, 0.4) is 0 Å². The van der Waals surface area contributed by atoms with E-state index in [4.69, 9.17) is 5.41 Å². The van der Waals surface area contributed by atoms with Crippen molar-refractivity contribution in [2.24, 2.45) is 0 Å². The van der Waals surface area contributed by atoms with E-state index in [1.165, 1.54) is 33.1 Å². The fourth-order valence-corrected chi connectivity index (χ4v) is 3.86. The number of nitrogens with one attached hydrogen (secondary N) is 1. The summed E-state index contributed by atoms with van der Waals surface area (Å²) in [7, 11) is 0. The number of benzene rings is 3. The van der Waals surface area contributed by atoms with Crippen molar-refractivity contribution in [3.63, 3.8) is 0 Å². The number of hydrogen-bond donors (Lipinski definition) is 1. The summed E-state index contributed by atoms with van der Waals surface area (Å²) in [5, 5.41) is 11.3. The van der Waals surface area contributed by atoms with E-state index in [2.05, 4.69) is 63.2 Å². The van der Waals surface area contributed by atoms with Gasteiger partial charge in [0.05, 0.1) is 5.71 Å². The first kappa shape index (κ1) is 16.5. The zero-order valence-corrected chi connectivity index (χ0v) is 15.5. The van der Waals surface area contributed by atoms with Gasteiger partial charge in [-0.05, 0) is 54.8 Å². The van der Waals surface area contributed by atoms with Gasteiger partial charge in [-0.25, -0.2) is 0 Å². The Hall–Kier alpha value is -2.93. The quantitative estimate of drug-likeness (QED) is 0.518. The van der Waals surface area contributed by atoms with E-state index in [1.807, 2.05) is 30.3 Å². The predicted molar refractivity (Wildman–Crippen MR) is 111 cm³/mol. The molecule has 1 aliphatic rings. The standard InChI is InChI=1S/C25H23N/c1-16-13-22(18(3)17(16)2)23-14-20-11-7-8-12-21(20)15-24(23)25(26)19-9-5-4-6-10-19/h4-15,22,26H,1-3H3. The molecule has 0 fully saturated rings. The molecule has 3 aromatic rings. The molecular weight excluding hydrogens is 314 g/mol. The summed E-state index contributed by atoms with van der Waals surface area (Å²) in [6.45, 7) is 6.60. The fraction of sp³-hybridized carbons (Fsp3) is 0.160. The zero-order chi connectivity index (χ0) is 18.3. The minimum atomic E-state index is 0.249. The summed E-state index contributed by atoms with van der Waals surface area (Å²) in [6, 6.07) is 22.9. The Balaban J connectivity index is 1.95. The van der Waals surface area contributed by atoms with Crippen molar-refractivity contribution in [2.75, 3.05) is 0 Å². The lowest BCUT2D eigenvalue weighted by molar-refractivity contribution is 1.00. The minimum Gasteiger partial charge on any atom is -0.300 e. The van der Waals surface area contributed by atoms with Gasteiger partial charge in [-0.2, -0.15) is 0 Å². The van der Waals surface area contributed by atoms with Crippen molar-refractivity contribution >= 4 is 16.5 Å². The summed E-state index contributed by atoms with van der Waals surface area (Å²) in [4.78, 5) is 0. The topological polar surface area (TPSA) is 23.9 Å². The van der Waals surface area contributed by atoms with E-state index < -0.39 is 0 Å². The number of rotatable bonds is 3. The van der Waals surface area contributed by atoms with Crippen molar-refractivity contribution in [1.82, 2.24) is 0 Å². The van der Waals surface area contributed by atoms with Gasteiger partial charge in [0.15, 0.2) is 0 Å². The minimum absolute atomic E-state index is 0.249. The Morgan fingerprint density at radius 3 is 2.04 bits per heavy atom.